The molecular weight excluding hydrogens is 783 g/mol. The van der Waals surface area contributed by atoms with Crippen LogP contribution in [0.4, 0.5) is 5.69 Å². The topological polar surface area (TPSA) is 59.8 Å². The van der Waals surface area contributed by atoms with Gasteiger partial charge < -0.3 is 20.0 Å². The molecule has 1 fully saturated rings. The van der Waals surface area contributed by atoms with E-state index in [1.165, 1.54) is 53.8 Å². The second-order valence-corrected chi connectivity index (χ2v) is 14.0. The van der Waals surface area contributed by atoms with Gasteiger partial charge in [-0.1, -0.05) is 93.4 Å². The van der Waals surface area contributed by atoms with Gasteiger partial charge in [0.1, 0.15) is 0 Å². The minimum Gasteiger partial charge on any atom is -0.505 e. The predicted molar refractivity (Wildman–Crippen MR) is 200 cm³/mol. The SMILES string of the molecule is CC(C)(C)c1cc(-c2nccc3ccccc23)[c-]c2ccccc12.CC(O)CC(C)O.[Ir+3].[c-]1ccccc1N1C=CN(C2CCCCC2)[CH-]1. The maximum Gasteiger partial charge on any atom is 3.00 e. The maximum absolute atomic E-state index is 8.56. The molecule has 2 unspecified atom stereocenters. The first-order valence-electron chi connectivity index (χ1n) is 17.3. The average Bonchev–Trinajstić information content (AvgIpc) is 3.59. The van der Waals surface area contributed by atoms with Gasteiger partial charge in [0, 0.05) is 17.9 Å². The van der Waals surface area contributed by atoms with Gasteiger partial charge >= 0.3 is 20.1 Å². The summed E-state index contributed by atoms with van der Waals surface area (Å²) in [5, 5.41) is 21.9. The fourth-order valence-electron chi connectivity index (χ4n) is 6.46. The molecule has 4 aromatic carbocycles. The van der Waals surface area contributed by atoms with Gasteiger partial charge in [-0.25, -0.2) is 0 Å². The Morgan fingerprint density at radius 2 is 1.53 bits per heavy atom. The molecule has 2 atom stereocenters. The zero-order chi connectivity index (χ0) is 34.1. The molecule has 2 aliphatic rings. The van der Waals surface area contributed by atoms with Crippen LogP contribution >= 0.6 is 0 Å². The van der Waals surface area contributed by atoms with Gasteiger partial charge in [0.25, 0.3) is 0 Å². The van der Waals surface area contributed by atoms with Crippen LogP contribution in [0.5, 0.6) is 0 Å². The number of anilines is 1. The van der Waals surface area contributed by atoms with Crippen molar-refractivity contribution in [2.75, 3.05) is 4.90 Å². The Balaban J connectivity index is 0.000000189. The van der Waals surface area contributed by atoms with E-state index in [1.807, 2.05) is 18.3 Å². The Labute approximate surface area is 307 Å². The number of hydrogen-bond donors (Lipinski definition) is 2. The van der Waals surface area contributed by atoms with Crippen molar-refractivity contribution in [3.63, 3.8) is 0 Å². The van der Waals surface area contributed by atoms with Crippen LogP contribution in [0.3, 0.4) is 0 Å². The van der Waals surface area contributed by atoms with Gasteiger partial charge in [-0.05, 0) is 67.8 Å². The Hall–Kier alpha value is -3.54. The zero-order valence-corrected chi connectivity index (χ0v) is 31.8. The van der Waals surface area contributed by atoms with E-state index >= 15 is 0 Å². The minimum absolute atomic E-state index is 0. The molecule has 258 valence electrons. The third kappa shape index (κ3) is 10.5. The first kappa shape index (κ1) is 38.3. The van der Waals surface area contributed by atoms with E-state index < -0.39 is 0 Å². The van der Waals surface area contributed by atoms with Crippen molar-refractivity contribution in [1.29, 1.82) is 0 Å². The number of aliphatic hydroxyl groups excluding tert-OH is 2. The van der Waals surface area contributed by atoms with Crippen LogP contribution in [0.15, 0.2) is 104 Å². The van der Waals surface area contributed by atoms with E-state index in [1.54, 1.807) is 13.8 Å². The number of benzene rings is 4. The largest absolute Gasteiger partial charge is 3.00 e. The van der Waals surface area contributed by atoms with Crippen molar-refractivity contribution in [1.82, 2.24) is 9.88 Å². The summed E-state index contributed by atoms with van der Waals surface area (Å²) >= 11 is 0. The van der Waals surface area contributed by atoms with Crippen molar-refractivity contribution in [3.8, 4) is 11.3 Å². The van der Waals surface area contributed by atoms with Gasteiger partial charge in [0.05, 0.1) is 12.2 Å². The van der Waals surface area contributed by atoms with Crippen molar-refractivity contribution < 1.29 is 30.3 Å². The monoisotopic (exact) mass is 833 g/mol. The molecule has 49 heavy (non-hydrogen) atoms. The van der Waals surface area contributed by atoms with E-state index in [4.69, 9.17) is 10.2 Å². The third-order valence-electron chi connectivity index (χ3n) is 8.82. The van der Waals surface area contributed by atoms with E-state index in [-0.39, 0.29) is 37.7 Å². The number of aliphatic hydroxyl groups is 2. The molecule has 0 spiro atoms. The molecule has 0 saturated heterocycles. The first-order valence-corrected chi connectivity index (χ1v) is 17.3. The molecule has 2 N–H and O–H groups in total. The van der Waals surface area contributed by atoms with E-state index in [0.717, 1.165) is 22.3 Å². The molecule has 1 aliphatic heterocycles. The van der Waals surface area contributed by atoms with Crippen molar-refractivity contribution in [2.24, 2.45) is 0 Å². The van der Waals surface area contributed by atoms with Crippen LogP contribution in [0.25, 0.3) is 32.8 Å². The molecule has 1 aliphatic carbocycles. The molecule has 7 rings (SSSR count). The number of nitrogens with zero attached hydrogens (tertiary/aromatic N) is 3. The molecule has 0 amide bonds. The summed E-state index contributed by atoms with van der Waals surface area (Å²) in [5.41, 5.74) is 4.58. The molecule has 0 radical (unpaired) electrons. The molecular formula is C43H50IrN3O2. The first-order chi connectivity index (χ1) is 23.1. The quantitative estimate of drug-likeness (QED) is 0.173. The number of aromatic nitrogens is 1. The van der Waals surface area contributed by atoms with Crippen molar-refractivity contribution >= 4 is 27.2 Å². The van der Waals surface area contributed by atoms with Gasteiger partial charge in [-0.15, -0.1) is 34.8 Å². The second kappa shape index (κ2) is 17.9. The van der Waals surface area contributed by atoms with E-state index in [2.05, 4.69) is 140 Å². The summed E-state index contributed by atoms with van der Waals surface area (Å²) in [6, 6.07) is 36.9. The standard InChI is InChI=1S/C23H20N.C15H18N2.C5H12O2.Ir/c1-23(2,3)21-15-18(14-17-9-5-6-10-19(17)21)22-20-11-7-4-8-16(20)12-13-24-22;1-3-7-14(8-4-1)16-11-12-17(13-16)15-9-5-2-6-10-15;1-4(6)3-5(2)7;/h4-13,15H,1-3H3;1,3-4,7,11-13,15H,2,5-6,9-10H2;4-7H,3H2,1-2H3;/q-1;-2;;+3. The molecule has 2 heterocycles. The molecule has 1 saturated carbocycles. The summed E-state index contributed by atoms with van der Waals surface area (Å²) in [5.74, 6) is 0. The number of pyridine rings is 1. The average molecular weight is 833 g/mol. The number of hydrogen-bond acceptors (Lipinski definition) is 5. The smallest absolute Gasteiger partial charge is 0.505 e. The van der Waals surface area contributed by atoms with Gasteiger partial charge in [-0.3, -0.25) is 4.98 Å². The molecule has 1 aromatic heterocycles. The summed E-state index contributed by atoms with van der Waals surface area (Å²) in [7, 11) is 0. The van der Waals surface area contributed by atoms with Crippen LogP contribution in [-0.4, -0.2) is 38.3 Å². The van der Waals surface area contributed by atoms with Gasteiger partial charge in [-0.2, -0.15) is 37.0 Å². The fraction of sp³-hybridized carbons (Fsp3) is 0.349. The maximum atomic E-state index is 8.56. The van der Waals surface area contributed by atoms with Crippen molar-refractivity contribution in [3.05, 3.63) is 128 Å². The zero-order valence-electron chi connectivity index (χ0n) is 29.4. The van der Waals surface area contributed by atoms with E-state index in [0.29, 0.717) is 12.5 Å². The molecule has 5 nitrogen and oxygen atoms in total. The summed E-state index contributed by atoms with van der Waals surface area (Å²) in [6.07, 6.45) is 12.7. The van der Waals surface area contributed by atoms with Crippen LogP contribution in [0, 0.1) is 18.8 Å². The normalized spacial score (nSPS) is 15.9. The molecule has 5 aromatic rings. The number of para-hydroxylation sites is 1. The van der Waals surface area contributed by atoms with Crippen molar-refractivity contribution in [2.45, 2.75) is 96.8 Å². The Bertz CT molecular complexity index is 1760. The summed E-state index contributed by atoms with van der Waals surface area (Å²) in [4.78, 5) is 9.18. The van der Waals surface area contributed by atoms with E-state index in [9.17, 15) is 0 Å². The Morgan fingerprint density at radius 1 is 0.857 bits per heavy atom. The number of rotatable bonds is 5. The third-order valence-corrected chi connectivity index (χ3v) is 8.82. The van der Waals surface area contributed by atoms with Crippen LogP contribution in [0.1, 0.15) is 78.7 Å². The fourth-order valence-corrected chi connectivity index (χ4v) is 6.46. The minimum atomic E-state index is -0.375. The summed E-state index contributed by atoms with van der Waals surface area (Å²) in [6.45, 7) is 12.3. The van der Waals surface area contributed by atoms with Crippen LogP contribution in [-0.2, 0) is 25.5 Å². The van der Waals surface area contributed by atoms with Crippen LogP contribution < -0.4 is 4.90 Å². The van der Waals surface area contributed by atoms with Crippen LogP contribution in [0.2, 0.25) is 0 Å². The number of fused-ring (bicyclic) bond motifs is 2. The summed E-state index contributed by atoms with van der Waals surface area (Å²) < 4.78 is 0. The predicted octanol–water partition coefficient (Wildman–Crippen LogP) is 9.82. The molecule has 0 bridgehead atoms. The van der Waals surface area contributed by atoms with Gasteiger partial charge in [0.15, 0.2) is 0 Å². The Morgan fingerprint density at radius 3 is 2.18 bits per heavy atom. The molecule has 6 heteroatoms. The van der Waals surface area contributed by atoms with Gasteiger partial charge in [0.2, 0.25) is 0 Å². The second-order valence-electron chi connectivity index (χ2n) is 14.0. The Kier molecular flexibility index (Phi) is 14.0.